The number of hydrogen-bond acceptors (Lipinski definition) is 4. The molecule has 1 atom stereocenters. The molecule has 0 radical (unpaired) electrons. The van der Waals surface area contributed by atoms with Gasteiger partial charge in [-0.1, -0.05) is 24.6 Å². The minimum Gasteiger partial charge on any atom is -0.381 e. The summed E-state index contributed by atoms with van der Waals surface area (Å²) in [7, 11) is 0. The van der Waals surface area contributed by atoms with Crippen LogP contribution >= 0.6 is 11.6 Å². The quantitative estimate of drug-likeness (QED) is 0.751. The standard InChI is InChI=1S/C11H17ClN4O/c1-3-5-16-11(17)10(12)9(7-15-16)14-6-8(13)4-2/h3,7-8,14H,1,4-6,13H2,2H3. The largest absolute Gasteiger partial charge is 0.381 e. The Morgan fingerprint density at radius 1 is 1.76 bits per heavy atom. The van der Waals surface area contributed by atoms with Crippen molar-refractivity contribution in [1.29, 1.82) is 0 Å². The molecular weight excluding hydrogens is 240 g/mol. The van der Waals surface area contributed by atoms with Gasteiger partial charge in [-0.3, -0.25) is 4.79 Å². The first-order valence-corrected chi connectivity index (χ1v) is 5.83. The second-order valence-corrected chi connectivity index (χ2v) is 4.08. The highest BCUT2D eigenvalue weighted by molar-refractivity contribution is 6.32. The van der Waals surface area contributed by atoms with E-state index in [0.717, 1.165) is 6.42 Å². The van der Waals surface area contributed by atoms with Crippen LogP contribution in [0.3, 0.4) is 0 Å². The third-order valence-corrected chi connectivity index (χ3v) is 2.73. The number of allylic oxidation sites excluding steroid dienone is 1. The molecule has 3 N–H and O–H groups in total. The molecule has 0 aromatic carbocycles. The summed E-state index contributed by atoms with van der Waals surface area (Å²) in [5.41, 5.74) is 5.95. The Labute approximate surface area is 105 Å². The Bertz CT molecular complexity index is 444. The molecule has 1 aromatic heterocycles. The third kappa shape index (κ3) is 3.57. The highest BCUT2D eigenvalue weighted by Crippen LogP contribution is 2.14. The molecule has 0 saturated heterocycles. The highest BCUT2D eigenvalue weighted by Gasteiger charge is 2.09. The van der Waals surface area contributed by atoms with E-state index in [0.29, 0.717) is 18.8 Å². The maximum atomic E-state index is 11.7. The van der Waals surface area contributed by atoms with Crippen LogP contribution in [0.5, 0.6) is 0 Å². The summed E-state index contributed by atoms with van der Waals surface area (Å²) < 4.78 is 1.25. The predicted octanol–water partition coefficient (Wildman–Crippen LogP) is 1.23. The van der Waals surface area contributed by atoms with Crippen molar-refractivity contribution in [2.75, 3.05) is 11.9 Å². The third-order valence-electron chi connectivity index (χ3n) is 2.37. The van der Waals surface area contributed by atoms with Gasteiger partial charge in [0.05, 0.1) is 18.4 Å². The normalized spacial score (nSPS) is 12.2. The second kappa shape index (κ2) is 6.42. The number of nitrogens with zero attached hydrogens (tertiary/aromatic N) is 2. The van der Waals surface area contributed by atoms with Crippen molar-refractivity contribution in [1.82, 2.24) is 9.78 Å². The predicted molar refractivity (Wildman–Crippen MR) is 70.5 cm³/mol. The molecule has 0 saturated carbocycles. The van der Waals surface area contributed by atoms with Gasteiger partial charge in [0.15, 0.2) is 0 Å². The minimum atomic E-state index is -0.332. The fourth-order valence-corrected chi connectivity index (χ4v) is 1.44. The van der Waals surface area contributed by atoms with Crippen molar-refractivity contribution in [2.45, 2.75) is 25.9 Å². The Morgan fingerprint density at radius 3 is 3.06 bits per heavy atom. The van der Waals surface area contributed by atoms with Gasteiger partial charge >= 0.3 is 0 Å². The van der Waals surface area contributed by atoms with Crippen LogP contribution in [0.25, 0.3) is 0 Å². The SMILES string of the molecule is C=CCn1ncc(NCC(N)CC)c(Cl)c1=O. The van der Waals surface area contributed by atoms with E-state index in [1.165, 1.54) is 10.9 Å². The summed E-state index contributed by atoms with van der Waals surface area (Å²) in [4.78, 5) is 11.7. The number of hydrogen-bond donors (Lipinski definition) is 2. The fraction of sp³-hybridized carbons (Fsp3) is 0.455. The van der Waals surface area contributed by atoms with E-state index in [-0.39, 0.29) is 16.6 Å². The van der Waals surface area contributed by atoms with Crippen molar-refractivity contribution < 1.29 is 0 Å². The van der Waals surface area contributed by atoms with E-state index in [9.17, 15) is 4.79 Å². The van der Waals surface area contributed by atoms with E-state index in [1.807, 2.05) is 6.92 Å². The zero-order valence-electron chi connectivity index (χ0n) is 9.82. The Morgan fingerprint density at radius 2 is 2.47 bits per heavy atom. The topological polar surface area (TPSA) is 72.9 Å². The van der Waals surface area contributed by atoms with Gasteiger partial charge in [-0.25, -0.2) is 4.68 Å². The lowest BCUT2D eigenvalue weighted by atomic mass is 10.2. The van der Waals surface area contributed by atoms with Gasteiger partial charge in [0.1, 0.15) is 5.02 Å². The summed E-state index contributed by atoms with van der Waals surface area (Å²) in [5.74, 6) is 0. The Balaban J connectivity index is 2.85. The molecule has 17 heavy (non-hydrogen) atoms. The lowest BCUT2D eigenvalue weighted by Crippen LogP contribution is -2.29. The van der Waals surface area contributed by atoms with Crippen molar-refractivity contribution in [3.63, 3.8) is 0 Å². The number of nitrogens with one attached hydrogen (secondary N) is 1. The van der Waals surface area contributed by atoms with Crippen molar-refractivity contribution in [2.24, 2.45) is 5.73 Å². The van der Waals surface area contributed by atoms with Crippen molar-refractivity contribution in [3.8, 4) is 0 Å². The number of nitrogens with two attached hydrogens (primary N) is 1. The summed E-state index contributed by atoms with van der Waals surface area (Å²) in [5, 5.41) is 7.12. The van der Waals surface area contributed by atoms with E-state index >= 15 is 0 Å². The molecule has 0 aliphatic carbocycles. The van der Waals surface area contributed by atoms with Gasteiger partial charge in [0.25, 0.3) is 5.56 Å². The van der Waals surface area contributed by atoms with E-state index < -0.39 is 0 Å². The van der Waals surface area contributed by atoms with E-state index in [1.54, 1.807) is 6.08 Å². The van der Waals surface area contributed by atoms with Crippen molar-refractivity contribution in [3.05, 3.63) is 34.2 Å². The zero-order valence-corrected chi connectivity index (χ0v) is 10.6. The average Bonchev–Trinajstić information content (AvgIpc) is 2.34. The summed E-state index contributed by atoms with van der Waals surface area (Å²) >= 11 is 5.95. The maximum absolute atomic E-state index is 11.7. The molecule has 1 rings (SSSR count). The second-order valence-electron chi connectivity index (χ2n) is 3.70. The van der Waals surface area contributed by atoms with Crippen LogP contribution in [0.4, 0.5) is 5.69 Å². The van der Waals surface area contributed by atoms with Gasteiger partial charge < -0.3 is 11.1 Å². The molecule has 0 bridgehead atoms. The molecule has 0 spiro atoms. The minimum absolute atomic E-state index is 0.0293. The van der Waals surface area contributed by atoms with Crippen LogP contribution in [0.15, 0.2) is 23.6 Å². The fourth-order valence-electron chi connectivity index (χ4n) is 1.23. The van der Waals surface area contributed by atoms with Gasteiger partial charge in [-0.05, 0) is 6.42 Å². The number of rotatable bonds is 6. The summed E-state index contributed by atoms with van der Waals surface area (Å²) in [6.07, 6.45) is 3.96. The van der Waals surface area contributed by atoms with Gasteiger partial charge in [-0.15, -0.1) is 6.58 Å². The highest BCUT2D eigenvalue weighted by atomic mass is 35.5. The molecule has 5 nitrogen and oxygen atoms in total. The Kier molecular flexibility index (Phi) is 5.18. The van der Waals surface area contributed by atoms with Crippen LogP contribution in [-0.2, 0) is 6.54 Å². The zero-order chi connectivity index (χ0) is 12.8. The molecule has 0 aliphatic rings. The van der Waals surface area contributed by atoms with Crippen molar-refractivity contribution >= 4 is 17.3 Å². The first kappa shape index (κ1) is 13.7. The number of halogens is 1. The van der Waals surface area contributed by atoms with Gasteiger partial charge in [0.2, 0.25) is 0 Å². The number of aromatic nitrogens is 2. The smallest absolute Gasteiger partial charge is 0.287 e. The average molecular weight is 257 g/mol. The first-order valence-electron chi connectivity index (χ1n) is 5.46. The molecule has 1 heterocycles. The van der Waals surface area contributed by atoms with Crippen LogP contribution in [-0.4, -0.2) is 22.4 Å². The lowest BCUT2D eigenvalue weighted by Gasteiger charge is -2.12. The van der Waals surface area contributed by atoms with Gasteiger partial charge in [0, 0.05) is 12.6 Å². The molecule has 0 amide bonds. The first-order chi connectivity index (χ1) is 8.10. The summed E-state index contributed by atoms with van der Waals surface area (Å²) in [6, 6.07) is 0.0293. The van der Waals surface area contributed by atoms with Gasteiger partial charge in [-0.2, -0.15) is 5.10 Å². The van der Waals surface area contributed by atoms with Crippen LogP contribution in [0.2, 0.25) is 5.02 Å². The molecule has 6 heteroatoms. The lowest BCUT2D eigenvalue weighted by molar-refractivity contribution is 0.649. The van der Waals surface area contributed by atoms with E-state index in [4.69, 9.17) is 17.3 Å². The molecule has 1 unspecified atom stereocenters. The van der Waals surface area contributed by atoms with E-state index in [2.05, 4.69) is 17.0 Å². The van der Waals surface area contributed by atoms with Crippen LogP contribution in [0, 0.1) is 0 Å². The Hall–Kier alpha value is -1.33. The number of anilines is 1. The molecule has 94 valence electrons. The van der Waals surface area contributed by atoms with Crippen LogP contribution in [0.1, 0.15) is 13.3 Å². The maximum Gasteiger partial charge on any atom is 0.287 e. The molecule has 0 aliphatic heterocycles. The van der Waals surface area contributed by atoms with Crippen LogP contribution < -0.4 is 16.6 Å². The monoisotopic (exact) mass is 256 g/mol. The molecule has 1 aromatic rings. The molecular formula is C11H17ClN4O. The molecule has 0 fully saturated rings. The summed E-state index contributed by atoms with van der Waals surface area (Å²) in [6.45, 7) is 6.44.